The molecule has 0 spiro atoms. The number of nitrogens with two attached hydrogens (primary N) is 1. The van der Waals surface area contributed by atoms with Crippen molar-refractivity contribution in [1.82, 2.24) is 9.55 Å². The van der Waals surface area contributed by atoms with Crippen molar-refractivity contribution in [3.63, 3.8) is 0 Å². The van der Waals surface area contributed by atoms with Crippen LogP contribution >= 0.6 is 24.8 Å². The van der Waals surface area contributed by atoms with Crippen LogP contribution in [0.2, 0.25) is 0 Å². The highest BCUT2D eigenvalue weighted by Crippen LogP contribution is 2.22. The van der Waals surface area contributed by atoms with E-state index < -0.39 is 6.04 Å². The molecule has 1 atom stereocenters. The van der Waals surface area contributed by atoms with E-state index in [1.165, 1.54) is 0 Å². The normalized spacial score (nSPS) is 11.2. The summed E-state index contributed by atoms with van der Waals surface area (Å²) in [5.41, 5.74) is 7.61. The number of aromatic nitrogens is 2. The molecule has 0 fully saturated rings. The Balaban J connectivity index is 0.00000288. The number of nitrogens with one attached hydrogen (secondary N) is 1. The van der Waals surface area contributed by atoms with Gasteiger partial charge in [0, 0.05) is 30.2 Å². The number of carbonyl (C=O) groups is 1. The number of halogens is 2. The summed E-state index contributed by atoms with van der Waals surface area (Å²) in [7, 11) is 0. The van der Waals surface area contributed by atoms with Crippen molar-refractivity contribution >= 4 is 36.4 Å². The molecule has 7 heteroatoms. The largest absolute Gasteiger partial charge is 0.331 e. The average Bonchev–Trinajstić information content (AvgIpc) is 3.01. The van der Waals surface area contributed by atoms with Gasteiger partial charge < -0.3 is 15.6 Å². The zero-order chi connectivity index (χ0) is 16.7. The van der Waals surface area contributed by atoms with Crippen LogP contribution in [0, 0.1) is 0 Å². The molecule has 2 aromatic rings. The van der Waals surface area contributed by atoms with E-state index in [4.69, 9.17) is 5.73 Å². The maximum atomic E-state index is 12.1. The number of unbranched alkanes of at least 4 members (excludes halogenated alkanes) is 1. The molecule has 0 radical (unpaired) electrons. The van der Waals surface area contributed by atoms with Gasteiger partial charge in [-0.25, -0.2) is 4.98 Å². The fourth-order valence-electron chi connectivity index (χ4n) is 2.49. The number of hydrogen-bond acceptors (Lipinski definition) is 3. The van der Waals surface area contributed by atoms with Crippen LogP contribution in [0.5, 0.6) is 0 Å². The number of carbonyl (C=O) groups excluding carboxylic acids is 1. The van der Waals surface area contributed by atoms with Crippen LogP contribution in [0.25, 0.3) is 11.4 Å². The van der Waals surface area contributed by atoms with Gasteiger partial charge in [0.25, 0.3) is 0 Å². The Kier molecular flexibility index (Phi) is 11.2. The van der Waals surface area contributed by atoms with Crippen molar-refractivity contribution in [2.45, 2.75) is 52.1 Å². The monoisotopic (exact) mass is 386 g/mol. The van der Waals surface area contributed by atoms with E-state index in [2.05, 4.69) is 21.8 Å². The molecule has 1 amide bonds. The minimum absolute atomic E-state index is 0. The third-order valence-electron chi connectivity index (χ3n) is 3.79. The second kappa shape index (κ2) is 11.9. The van der Waals surface area contributed by atoms with E-state index in [0.717, 1.165) is 42.9 Å². The van der Waals surface area contributed by atoms with Crippen molar-refractivity contribution in [3.05, 3.63) is 36.7 Å². The number of rotatable bonds is 8. The number of imidazole rings is 1. The molecule has 0 bridgehead atoms. The highest BCUT2D eigenvalue weighted by Gasteiger charge is 2.13. The quantitative estimate of drug-likeness (QED) is 0.711. The van der Waals surface area contributed by atoms with Crippen LogP contribution in [0.4, 0.5) is 5.69 Å². The van der Waals surface area contributed by atoms with Gasteiger partial charge in [-0.1, -0.05) is 38.8 Å². The van der Waals surface area contributed by atoms with Crippen LogP contribution in [0.3, 0.4) is 0 Å². The second-order valence-corrected chi connectivity index (χ2v) is 5.76. The Bertz CT molecular complexity index is 646. The number of anilines is 1. The predicted molar refractivity (Wildman–Crippen MR) is 109 cm³/mol. The molecule has 140 valence electrons. The standard InChI is InChI=1S/C18H26N4O.2ClH/c1-3-5-11-22-12-10-20-17(22)14-8-6-9-15(13-14)21-18(23)16(19)7-4-2;;/h6,8-10,12-13,16H,3-5,7,11,19H2,1-2H3,(H,21,23);2*1H. The van der Waals surface area contributed by atoms with Crippen LogP contribution in [-0.2, 0) is 11.3 Å². The summed E-state index contributed by atoms with van der Waals surface area (Å²) in [5.74, 6) is 0.783. The highest BCUT2D eigenvalue weighted by molar-refractivity contribution is 5.95. The summed E-state index contributed by atoms with van der Waals surface area (Å²) >= 11 is 0. The zero-order valence-electron chi connectivity index (χ0n) is 14.8. The molecule has 5 nitrogen and oxygen atoms in total. The molecule has 1 unspecified atom stereocenters. The topological polar surface area (TPSA) is 72.9 Å². The zero-order valence-corrected chi connectivity index (χ0v) is 16.4. The number of benzene rings is 1. The van der Waals surface area contributed by atoms with Crippen LogP contribution < -0.4 is 11.1 Å². The number of hydrogen-bond donors (Lipinski definition) is 2. The van der Waals surface area contributed by atoms with Gasteiger partial charge in [0.05, 0.1) is 6.04 Å². The Morgan fingerprint density at radius 2 is 2.04 bits per heavy atom. The van der Waals surface area contributed by atoms with E-state index in [9.17, 15) is 4.79 Å². The molecule has 1 heterocycles. The molecule has 1 aromatic carbocycles. The highest BCUT2D eigenvalue weighted by atomic mass is 35.5. The minimum Gasteiger partial charge on any atom is -0.331 e. The van der Waals surface area contributed by atoms with Crippen LogP contribution in [0.15, 0.2) is 36.7 Å². The number of amides is 1. The molecule has 1 aromatic heterocycles. The van der Waals surface area contributed by atoms with Crippen molar-refractivity contribution in [2.75, 3.05) is 5.32 Å². The Hall–Kier alpha value is -1.56. The molecule has 2 rings (SSSR count). The lowest BCUT2D eigenvalue weighted by molar-refractivity contribution is -0.117. The maximum absolute atomic E-state index is 12.1. The Morgan fingerprint density at radius 3 is 2.72 bits per heavy atom. The van der Waals surface area contributed by atoms with Crippen molar-refractivity contribution < 1.29 is 4.79 Å². The SMILES string of the molecule is CCCCn1ccnc1-c1cccc(NC(=O)C(N)CCC)c1.Cl.Cl. The third-order valence-corrected chi connectivity index (χ3v) is 3.79. The summed E-state index contributed by atoms with van der Waals surface area (Å²) in [6.07, 6.45) is 7.64. The lowest BCUT2D eigenvalue weighted by atomic mass is 10.1. The minimum atomic E-state index is -0.463. The van der Waals surface area contributed by atoms with Crippen molar-refractivity contribution in [1.29, 1.82) is 0 Å². The fraction of sp³-hybridized carbons (Fsp3) is 0.444. The number of aryl methyl sites for hydroxylation is 1. The van der Waals surface area contributed by atoms with Gasteiger partial charge in [-0.15, -0.1) is 24.8 Å². The smallest absolute Gasteiger partial charge is 0.241 e. The van der Waals surface area contributed by atoms with Gasteiger partial charge in [0.15, 0.2) is 0 Å². The molecule has 0 aliphatic rings. The lowest BCUT2D eigenvalue weighted by Crippen LogP contribution is -2.35. The summed E-state index contributed by atoms with van der Waals surface area (Å²) in [5, 5.41) is 2.89. The molecule has 0 saturated carbocycles. The van der Waals surface area contributed by atoms with E-state index in [1.807, 2.05) is 43.6 Å². The second-order valence-electron chi connectivity index (χ2n) is 5.76. The first-order valence-corrected chi connectivity index (χ1v) is 8.33. The van der Waals surface area contributed by atoms with Gasteiger partial charge in [0.2, 0.25) is 5.91 Å². The molecule has 0 aliphatic heterocycles. The maximum Gasteiger partial charge on any atom is 0.241 e. The molecule has 25 heavy (non-hydrogen) atoms. The third kappa shape index (κ3) is 6.69. The van der Waals surface area contributed by atoms with Gasteiger partial charge in [0.1, 0.15) is 5.82 Å². The summed E-state index contributed by atoms with van der Waals surface area (Å²) in [4.78, 5) is 16.5. The summed E-state index contributed by atoms with van der Waals surface area (Å²) in [6.45, 7) is 5.14. The van der Waals surface area contributed by atoms with Crippen LogP contribution in [0.1, 0.15) is 39.5 Å². The Morgan fingerprint density at radius 1 is 1.28 bits per heavy atom. The Labute approximate surface area is 162 Å². The van der Waals surface area contributed by atoms with Gasteiger partial charge >= 0.3 is 0 Å². The van der Waals surface area contributed by atoms with E-state index in [-0.39, 0.29) is 30.7 Å². The van der Waals surface area contributed by atoms with E-state index >= 15 is 0 Å². The number of nitrogens with zero attached hydrogens (tertiary/aromatic N) is 2. The van der Waals surface area contributed by atoms with Crippen molar-refractivity contribution in [2.24, 2.45) is 5.73 Å². The van der Waals surface area contributed by atoms with E-state index in [0.29, 0.717) is 6.42 Å². The average molecular weight is 387 g/mol. The molecular formula is C18H28Cl2N4O. The van der Waals surface area contributed by atoms with Gasteiger partial charge in [-0.3, -0.25) is 4.79 Å². The van der Waals surface area contributed by atoms with Crippen molar-refractivity contribution in [3.8, 4) is 11.4 Å². The molecule has 3 N–H and O–H groups in total. The summed E-state index contributed by atoms with van der Waals surface area (Å²) in [6, 6.07) is 7.29. The first kappa shape index (κ1) is 23.4. The van der Waals surface area contributed by atoms with Gasteiger partial charge in [-0.05, 0) is 25.0 Å². The van der Waals surface area contributed by atoms with Crippen LogP contribution in [-0.4, -0.2) is 21.5 Å². The molecule has 0 saturated heterocycles. The first-order valence-electron chi connectivity index (χ1n) is 8.33. The summed E-state index contributed by atoms with van der Waals surface area (Å²) < 4.78 is 2.15. The van der Waals surface area contributed by atoms with E-state index in [1.54, 1.807) is 0 Å². The first-order chi connectivity index (χ1) is 11.2. The molecule has 0 aliphatic carbocycles. The fourth-order valence-corrected chi connectivity index (χ4v) is 2.49. The predicted octanol–water partition coefficient (Wildman–Crippen LogP) is 4.26. The lowest BCUT2D eigenvalue weighted by Gasteiger charge is -2.12. The van der Waals surface area contributed by atoms with Gasteiger partial charge in [-0.2, -0.15) is 0 Å². The molecular weight excluding hydrogens is 359 g/mol.